The Hall–Kier alpha value is -0.610. The Morgan fingerprint density at radius 3 is 1.67 bits per heavy atom. The molecule has 0 atom stereocenters. The molecule has 0 unspecified atom stereocenters. The number of rotatable bonds is 5. The van der Waals surface area contributed by atoms with Crippen LogP contribution >= 0.6 is 0 Å². The van der Waals surface area contributed by atoms with Crippen molar-refractivity contribution in [3.8, 4) is 0 Å². The van der Waals surface area contributed by atoms with Crippen molar-refractivity contribution < 1.29 is 19.0 Å². The van der Waals surface area contributed by atoms with Crippen molar-refractivity contribution in [2.45, 2.75) is 52.9 Å². The van der Waals surface area contributed by atoms with Crippen LogP contribution in [0.4, 0.5) is 0 Å². The lowest BCUT2D eigenvalue weighted by Gasteiger charge is -2.30. The molecule has 0 aromatic carbocycles. The topological polar surface area (TPSA) is 44.8 Å². The first kappa shape index (κ1) is 14.4. The van der Waals surface area contributed by atoms with E-state index in [4.69, 9.17) is 14.2 Å². The highest BCUT2D eigenvalue weighted by Crippen LogP contribution is 2.19. The van der Waals surface area contributed by atoms with E-state index < -0.39 is 17.4 Å². The van der Waals surface area contributed by atoms with Gasteiger partial charge in [0.15, 0.2) is 0 Å². The number of ether oxygens (including phenoxy) is 3. The van der Waals surface area contributed by atoms with Crippen molar-refractivity contribution in [3.63, 3.8) is 0 Å². The van der Waals surface area contributed by atoms with Crippen molar-refractivity contribution >= 4 is 5.97 Å². The van der Waals surface area contributed by atoms with Gasteiger partial charge < -0.3 is 14.2 Å². The fraction of sp³-hybridized carbons (Fsp3) is 0.909. The molecule has 0 saturated carbocycles. The van der Waals surface area contributed by atoms with Gasteiger partial charge in [-0.3, -0.25) is 0 Å². The average molecular weight is 218 g/mol. The summed E-state index contributed by atoms with van der Waals surface area (Å²) in [5.41, 5.74) is -0.535. The average Bonchev–Trinajstić information content (AvgIpc) is 2.01. The standard InChI is InChI=1S/C11H22O4/c1-7-13-11(6,14-8-2)9(12)15-10(3,4)5/h7-8H2,1-6H3. The lowest BCUT2D eigenvalue weighted by Crippen LogP contribution is -2.45. The van der Waals surface area contributed by atoms with E-state index in [0.29, 0.717) is 13.2 Å². The normalized spacial score (nSPS) is 12.7. The van der Waals surface area contributed by atoms with Crippen LogP contribution in [0, 0.1) is 0 Å². The monoisotopic (exact) mass is 218 g/mol. The van der Waals surface area contributed by atoms with Gasteiger partial charge in [0.25, 0.3) is 5.79 Å². The molecule has 0 aromatic heterocycles. The van der Waals surface area contributed by atoms with E-state index in [1.807, 2.05) is 34.6 Å². The maximum Gasteiger partial charge on any atom is 0.367 e. The molecule has 0 aliphatic rings. The van der Waals surface area contributed by atoms with Gasteiger partial charge in [0.05, 0.1) is 0 Å². The van der Waals surface area contributed by atoms with Crippen molar-refractivity contribution in [2.75, 3.05) is 13.2 Å². The van der Waals surface area contributed by atoms with Crippen LogP contribution in [0.25, 0.3) is 0 Å². The highest BCUT2D eigenvalue weighted by Gasteiger charge is 2.38. The third-order valence-electron chi connectivity index (χ3n) is 1.61. The molecule has 0 N–H and O–H groups in total. The third kappa shape index (κ3) is 5.14. The van der Waals surface area contributed by atoms with E-state index in [1.54, 1.807) is 6.92 Å². The molecule has 0 aliphatic carbocycles. The summed E-state index contributed by atoms with van der Waals surface area (Å²) in [5.74, 6) is -1.78. The maximum atomic E-state index is 11.8. The van der Waals surface area contributed by atoms with E-state index >= 15 is 0 Å². The van der Waals surface area contributed by atoms with Crippen LogP contribution in [0.15, 0.2) is 0 Å². The first-order chi connectivity index (χ1) is 6.75. The quantitative estimate of drug-likeness (QED) is 0.523. The molecule has 0 bridgehead atoms. The highest BCUT2D eigenvalue weighted by molar-refractivity contribution is 5.77. The lowest BCUT2D eigenvalue weighted by molar-refractivity contribution is -0.245. The SMILES string of the molecule is CCOC(C)(OCC)C(=O)OC(C)(C)C. The molecule has 0 rings (SSSR count). The minimum Gasteiger partial charge on any atom is -0.456 e. The van der Waals surface area contributed by atoms with Gasteiger partial charge in [-0.15, -0.1) is 0 Å². The van der Waals surface area contributed by atoms with Gasteiger partial charge in [0.1, 0.15) is 5.60 Å². The van der Waals surface area contributed by atoms with Crippen molar-refractivity contribution in [3.05, 3.63) is 0 Å². The minimum atomic E-state index is -1.29. The summed E-state index contributed by atoms with van der Waals surface area (Å²) in [6, 6.07) is 0. The Labute approximate surface area is 91.9 Å². The fourth-order valence-electron chi connectivity index (χ4n) is 1.08. The summed E-state index contributed by atoms with van der Waals surface area (Å²) in [4.78, 5) is 11.8. The molecule has 0 saturated heterocycles. The molecule has 90 valence electrons. The number of carbonyl (C=O) groups is 1. The zero-order valence-electron chi connectivity index (χ0n) is 10.5. The highest BCUT2D eigenvalue weighted by atomic mass is 16.7. The van der Waals surface area contributed by atoms with Gasteiger partial charge >= 0.3 is 5.97 Å². The summed E-state index contributed by atoms with van der Waals surface area (Å²) >= 11 is 0. The second-order valence-electron chi connectivity index (χ2n) is 4.31. The molecular formula is C11H22O4. The van der Waals surface area contributed by atoms with Crippen LogP contribution in [0.3, 0.4) is 0 Å². The van der Waals surface area contributed by atoms with E-state index in [2.05, 4.69) is 0 Å². The van der Waals surface area contributed by atoms with Crippen LogP contribution in [-0.4, -0.2) is 30.6 Å². The van der Waals surface area contributed by atoms with Crippen LogP contribution in [-0.2, 0) is 19.0 Å². The van der Waals surface area contributed by atoms with Crippen molar-refractivity contribution in [2.24, 2.45) is 0 Å². The molecule has 15 heavy (non-hydrogen) atoms. The van der Waals surface area contributed by atoms with Crippen LogP contribution in [0.1, 0.15) is 41.5 Å². The molecule has 0 heterocycles. The fourth-order valence-corrected chi connectivity index (χ4v) is 1.08. The van der Waals surface area contributed by atoms with Gasteiger partial charge in [0.2, 0.25) is 0 Å². The Morgan fingerprint density at radius 1 is 1.00 bits per heavy atom. The molecule has 0 aliphatic heterocycles. The van der Waals surface area contributed by atoms with Gasteiger partial charge in [-0.25, -0.2) is 4.79 Å². The molecule has 0 aromatic rings. The Morgan fingerprint density at radius 2 is 1.40 bits per heavy atom. The number of carbonyl (C=O) groups excluding carboxylic acids is 1. The van der Waals surface area contributed by atoms with Crippen LogP contribution < -0.4 is 0 Å². The van der Waals surface area contributed by atoms with Crippen molar-refractivity contribution in [1.29, 1.82) is 0 Å². The van der Waals surface area contributed by atoms with Crippen molar-refractivity contribution in [1.82, 2.24) is 0 Å². The van der Waals surface area contributed by atoms with Gasteiger partial charge in [0, 0.05) is 20.1 Å². The Kier molecular flexibility index (Phi) is 5.24. The predicted molar refractivity (Wildman–Crippen MR) is 57.5 cm³/mol. The lowest BCUT2D eigenvalue weighted by atomic mass is 10.2. The van der Waals surface area contributed by atoms with E-state index in [0.717, 1.165) is 0 Å². The number of hydrogen-bond acceptors (Lipinski definition) is 4. The molecular weight excluding hydrogens is 196 g/mol. The summed E-state index contributed by atoms with van der Waals surface area (Å²) in [6.07, 6.45) is 0. The minimum absolute atomic E-state index is 0.399. The predicted octanol–water partition coefficient (Wildman–Crippen LogP) is 2.12. The molecule has 0 amide bonds. The van der Waals surface area contributed by atoms with E-state index in [9.17, 15) is 4.79 Å². The number of esters is 1. The summed E-state index contributed by atoms with van der Waals surface area (Å²) in [6.45, 7) is 11.4. The van der Waals surface area contributed by atoms with E-state index in [-0.39, 0.29) is 0 Å². The summed E-state index contributed by atoms with van der Waals surface area (Å²) < 4.78 is 15.8. The first-order valence-corrected chi connectivity index (χ1v) is 5.26. The Balaban J connectivity index is 4.55. The molecule has 0 radical (unpaired) electrons. The van der Waals surface area contributed by atoms with Gasteiger partial charge in [-0.2, -0.15) is 0 Å². The largest absolute Gasteiger partial charge is 0.456 e. The smallest absolute Gasteiger partial charge is 0.367 e. The zero-order valence-corrected chi connectivity index (χ0v) is 10.5. The number of hydrogen-bond donors (Lipinski definition) is 0. The molecule has 4 nitrogen and oxygen atoms in total. The van der Waals surface area contributed by atoms with Gasteiger partial charge in [-0.05, 0) is 34.6 Å². The summed E-state index contributed by atoms with van der Waals surface area (Å²) in [5, 5.41) is 0. The van der Waals surface area contributed by atoms with E-state index in [1.165, 1.54) is 0 Å². The Bertz CT molecular complexity index is 199. The maximum absolute atomic E-state index is 11.8. The molecule has 0 spiro atoms. The molecule has 4 heteroatoms. The zero-order chi connectivity index (χ0) is 12.1. The van der Waals surface area contributed by atoms with Gasteiger partial charge in [-0.1, -0.05) is 0 Å². The summed E-state index contributed by atoms with van der Waals surface area (Å²) in [7, 11) is 0. The van der Waals surface area contributed by atoms with Crippen LogP contribution in [0.2, 0.25) is 0 Å². The third-order valence-corrected chi connectivity index (χ3v) is 1.61. The van der Waals surface area contributed by atoms with Crippen LogP contribution in [0.5, 0.6) is 0 Å². The second-order valence-corrected chi connectivity index (χ2v) is 4.31. The second kappa shape index (κ2) is 5.47. The first-order valence-electron chi connectivity index (χ1n) is 5.26. The molecule has 0 fully saturated rings.